The molecule has 1 fully saturated rings. The highest BCUT2D eigenvalue weighted by Crippen LogP contribution is 2.22. The molecule has 1 amide bonds. The van der Waals surface area contributed by atoms with Crippen molar-refractivity contribution in [2.45, 2.75) is 32.1 Å². The third-order valence-electron chi connectivity index (χ3n) is 3.83. The summed E-state index contributed by atoms with van der Waals surface area (Å²) in [5.74, 6) is 5.09. The molecule has 0 aliphatic heterocycles. The molecule has 3 N–H and O–H groups in total. The summed E-state index contributed by atoms with van der Waals surface area (Å²) < 4.78 is 13.8. The van der Waals surface area contributed by atoms with Gasteiger partial charge in [-0.2, -0.15) is 0 Å². The van der Waals surface area contributed by atoms with Gasteiger partial charge in [-0.15, -0.1) is 0 Å². The van der Waals surface area contributed by atoms with Crippen LogP contribution in [0.25, 0.3) is 0 Å². The maximum Gasteiger partial charge on any atom is 0.251 e. The lowest BCUT2D eigenvalue weighted by Crippen LogP contribution is -2.30. The average Bonchev–Trinajstić information content (AvgIpc) is 2.52. The number of rotatable bonds is 3. The molecule has 0 spiro atoms. The summed E-state index contributed by atoms with van der Waals surface area (Å²) >= 11 is 0. The molecule has 1 aromatic carbocycles. The van der Waals surface area contributed by atoms with Crippen LogP contribution in [0.2, 0.25) is 0 Å². The normalized spacial score (nSPS) is 15.1. The van der Waals surface area contributed by atoms with Crippen molar-refractivity contribution in [1.29, 1.82) is 0 Å². The smallest absolute Gasteiger partial charge is 0.251 e. The Kier molecular flexibility index (Phi) is 5.77. The Bertz CT molecular complexity index is 554. The van der Waals surface area contributed by atoms with Crippen LogP contribution in [0.1, 0.15) is 48.0 Å². The topological polar surface area (TPSA) is 55.1 Å². The minimum absolute atomic E-state index is 0.184. The Hall–Kier alpha value is -1.86. The zero-order valence-corrected chi connectivity index (χ0v) is 12.1. The van der Waals surface area contributed by atoms with E-state index in [0.717, 1.165) is 0 Å². The predicted molar refractivity (Wildman–Crippen MR) is 81.2 cm³/mol. The lowest BCUT2D eigenvalue weighted by atomic mass is 9.89. The van der Waals surface area contributed by atoms with Crippen LogP contribution >= 0.6 is 0 Å². The summed E-state index contributed by atoms with van der Waals surface area (Å²) in [5.41, 5.74) is 5.86. The monoisotopic (exact) mass is 288 g/mol. The first-order valence-corrected chi connectivity index (χ1v) is 7.47. The molecule has 1 aliphatic rings. The molecule has 1 aliphatic carbocycles. The first-order valence-electron chi connectivity index (χ1n) is 7.47. The summed E-state index contributed by atoms with van der Waals surface area (Å²) in [4.78, 5) is 12.0. The fourth-order valence-corrected chi connectivity index (χ4v) is 2.63. The lowest BCUT2D eigenvalue weighted by Gasteiger charge is -2.21. The molecule has 0 bridgehead atoms. The highest BCUT2D eigenvalue weighted by Gasteiger charge is 2.15. The average molecular weight is 288 g/mol. The Balaban J connectivity index is 1.94. The first kappa shape index (κ1) is 15.5. The van der Waals surface area contributed by atoms with E-state index in [1.165, 1.54) is 44.2 Å². The van der Waals surface area contributed by atoms with Gasteiger partial charge in [0.1, 0.15) is 5.82 Å². The molecule has 1 saturated carbocycles. The van der Waals surface area contributed by atoms with E-state index in [9.17, 15) is 9.18 Å². The highest BCUT2D eigenvalue weighted by molar-refractivity contribution is 5.94. The Morgan fingerprint density at radius 3 is 2.76 bits per heavy atom. The second-order valence-electron chi connectivity index (χ2n) is 5.41. The van der Waals surface area contributed by atoms with Crippen molar-refractivity contribution in [2.24, 2.45) is 11.7 Å². The van der Waals surface area contributed by atoms with E-state index >= 15 is 0 Å². The molecule has 21 heavy (non-hydrogen) atoms. The predicted octanol–water partition coefficient (Wildman–Crippen LogP) is 2.45. The van der Waals surface area contributed by atoms with Crippen LogP contribution in [0.5, 0.6) is 0 Å². The number of halogens is 1. The van der Waals surface area contributed by atoms with Crippen molar-refractivity contribution < 1.29 is 9.18 Å². The molecule has 2 rings (SSSR count). The van der Waals surface area contributed by atoms with E-state index in [4.69, 9.17) is 5.73 Å². The zero-order valence-electron chi connectivity index (χ0n) is 12.1. The van der Waals surface area contributed by atoms with Gasteiger partial charge >= 0.3 is 0 Å². The Morgan fingerprint density at radius 2 is 2.10 bits per heavy atom. The van der Waals surface area contributed by atoms with Gasteiger partial charge in [0.2, 0.25) is 0 Å². The van der Waals surface area contributed by atoms with E-state index in [-0.39, 0.29) is 18.0 Å². The lowest BCUT2D eigenvalue weighted by molar-refractivity contribution is 0.0943. The van der Waals surface area contributed by atoms with Gasteiger partial charge in [0.25, 0.3) is 5.91 Å². The number of amides is 1. The van der Waals surface area contributed by atoms with Crippen molar-refractivity contribution >= 4 is 5.91 Å². The fraction of sp³-hybridized carbons (Fsp3) is 0.471. The maximum atomic E-state index is 13.8. The third-order valence-corrected chi connectivity index (χ3v) is 3.83. The molecular weight excluding hydrogens is 267 g/mol. The number of benzene rings is 1. The van der Waals surface area contributed by atoms with Crippen molar-refractivity contribution in [1.82, 2.24) is 5.32 Å². The van der Waals surface area contributed by atoms with Crippen LogP contribution in [0.15, 0.2) is 18.2 Å². The van der Waals surface area contributed by atoms with Gasteiger partial charge in [0, 0.05) is 12.1 Å². The van der Waals surface area contributed by atoms with Gasteiger partial charge in [-0.25, -0.2) is 4.39 Å². The fourth-order valence-electron chi connectivity index (χ4n) is 2.63. The summed E-state index contributed by atoms with van der Waals surface area (Å²) in [6.07, 6.45) is 6.11. The molecule has 112 valence electrons. The minimum Gasteiger partial charge on any atom is -0.352 e. The van der Waals surface area contributed by atoms with Gasteiger partial charge < -0.3 is 11.1 Å². The summed E-state index contributed by atoms with van der Waals surface area (Å²) in [6.45, 7) is 0.859. The number of nitrogens with two attached hydrogens (primary N) is 1. The van der Waals surface area contributed by atoms with Gasteiger partial charge in [0.05, 0.1) is 12.1 Å². The van der Waals surface area contributed by atoms with E-state index in [1.807, 2.05) is 0 Å². The van der Waals surface area contributed by atoms with E-state index in [1.54, 1.807) is 6.07 Å². The second-order valence-corrected chi connectivity index (χ2v) is 5.41. The molecule has 0 saturated heterocycles. The standard InChI is InChI=1S/C17H21FN2O/c18-16-11-15(9-8-14(16)7-4-10-19)17(21)20-12-13-5-2-1-3-6-13/h8-9,11,13H,1-3,5-6,10,12,19H2,(H,20,21). The highest BCUT2D eigenvalue weighted by atomic mass is 19.1. The van der Waals surface area contributed by atoms with Crippen LogP contribution in [0.4, 0.5) is 4.39 Å². The van der Waals surface area contributed by atoms with Gasteiger partial charge in [-0.1, -0.05) is 31.1 Å². The van der Waals surface area contributed by atoms with Crippen LogP contribution in [-0.4, -0.2) is 19.0 Å². The number of hydrogen-bond acceptors (Lipinski definition) is 2. The summed E-state index contributed by atoms with van der Waals surface area (Å²) in [5, 5.41) is 2.90. The van der Waals surface area contributed by atoms with Crippen LogP contribution in [0.3, 0.4) is 0 Å². The molecule has 0 aromatic heterocycles. The summed E-state index contributed by atoms with van der Waals surface area (Å²) in [7, 11) is 0. The largest absolute Gasteiger partial charge is 0.352 e. The number of nitrogens with one attached hydrogen (secondary N) is 1. The molecule has 4 heteroatoms. The third kappa shape index (κ3) is 4.57. The molecule has 0 atom stereocenters. The SMILES string of the molecule is NCC#Cc1ccc(C(=O)NCC2CCCCC2)cc1F. The summed E-state index contributed by atoms with van der Waals surface area (Å²) in [6, 6.07) is 4.35. The zero-order chi connectivity index (χ0) is 15.1. The van der Waals surface area contributed by atoms with Gasteiger partial charge in [0.15, 0.2) is 0 Å². The van der Waals surface area contributed by atoms with Gasteiger partial charge in [-0.05, 0) is 37.0 Å². The molecule has 0 unspecified atom stereocenters. The van der Waals surface area contributed by atoms with Crippen molar-refractivity contribution in [3.05, 3.63) is 35.1 Å². The number of hydrogen-bond donors (Lipinski definition) is 2. The van der Waals surface area contributed by atoms with E-state index < -0.39 is 5.82 Å². The molecular formula is C17H21FN2O. The van der Waals surface area contributed by atoms with Crippen molar-refractivity contribution in [3.63, 3.8) is 0 Å². The van der Waals surface area contributed by atoms with Crippen LogP contribution in [-0.2, 0) is 0 Å². The van der Waals surface area contributed by atoms with Crippen LogP contribution < -0.4 is 11.1 Å². The molecule has 0 radical (unpaired) electrons. The first-order chi connectivity index (χ1) is 10.2. The van der Waals surface area contributed by atoms with Gasteiger partial charge in [-0.3, -0.25) is 4.79 Å². The van der Waals surface area contributed by atoms with E-state index in [0.29, 0.717) is 18.0 Å². The van der Waals surface area contributed by atoms with E-state index in [2.05, 4.69) is 17.2 Å². The molecule has 3 nitrogen and oxygen atoms in total. The van der Waals surface area contributed by atoms with Crippen molar-refractivity contribution in [3.8, 4) is 11.8 Å². The minimum atomic E-state index is -0.485. The number of carbonyl (C=O) groups is 1. The number of carbonyl (C=O) groups excluding carboxylic acids is 1. The molecule has 1 aromatic rings. The van der Waals surface area contributed by atoms with Crippen LogP contribution in [0, 0.1) is 23.6 Å². The van der Waals surface area contributed by atoms with Crippen molar-refractivity contribution in [2.75, 3.05) is 13.1 Å². The Morgan fingerprint density at radius 1 is 1.33 bits per heavy atom. The molecule has 0 heterocycles. The maximum absolute atomic E-state index is 13.8. The Labute approximate surface area is 125 Å². The second kappa shape index (κ2) is 7.80. The quantitative estimate of drug-likeness (QED) is 0.839.